The SMILES string of the molecule is COc1cccc(C=CC(=O)OCC(=O)N2CCOCC2)c1. The largest absolute Gasteiger partial charge is 0.497 e. The molecular formula is C16H19NO5. The van der Waals surface area contributed by atoms with Crippen molar-refractivity contribution >= 4 is 18.0 Å². The van der Waals surface area contributed by atoms with Gasteiger partial charge in [-0.05, 0) is 23.8 Å². The number of methoxy groups -OCH3 is 1. The van der Waals surface area contributed by atoms with E-state index in [0.29, 0.717) is 32.1 Å². The monoisotopic (exact) mass is 305 g/mol. The minimum Gasteiger partial charge on any atom is -0.497 e. The number of carbonyl (C=O) groups excluding carboxylic acids is 2. The Morgan fingerprint density at radius 3 is 2.82 bits per heavy atom. The molecule has 0 saturated carbocycles. The van der Waals surface area contributed by atoms with Crippen LogP contribution in [-0.2, 0) is 19.1 Å². The second-order valence-corrected chi connectivity index (χ2v) is 4.71. The number of benzene rings is 1. The average molecular weight is 305 g/mol. The predicted molar refractivity (Wildman–Crippen MR) is 80.4 cm³/mol. The van der Waals surface area contributed by atoms with Crippen molar-refractivity contribution in [2.75, 3.05) is 40.0 Å². The molecule has 1 fully saturated rings. The summed E-state index contributed by atoms with van der Waals surface area (Å²) >= 11 is 0. The number of hydrogen-bond donors (Lipinski definition) is 0. The molecule has 0 aromatic heterocycles. The van der Waals surface area contributed by atoms with Crippen LogP contribution in [0.4, 0.5) is 0 Å². The molecule has 0 aliphatic carbocycles. The van der Waals surface area contributed by atoms with Crippen LogP contribution in [-0.4, -0.2) is 56.8 Å². The lowest BCUT2D eigenvalue weighted by molar-refractivity contribution is -0.150. The minimum atomic E-state index is -0.551. The van der Waals surface area contributed by atoms with Crippen LogP contribution in [0, 0.1) is 0 Å². The van der Waals surface area contributed by atoms with Crippen molar-refractivity contribution in [2.24, 2.45) is 0 Å². The number of amides is 1. The number of carbonyl (C=O) groups is 2. The highest BCUT2D eigenvalue weighted by atomic mass is 16.5. The van der Waals surface area contributed by atoms with Crippen molar-refractivity contribution < 1.29 is 23.8 Å². The van der Waals surface area contributed by atoms with Crippen LogP contribution in [0.2, 0.25) is 0 Å². The molecule has 0 radical (unpaired) electrons. The van der Waals surface area contributed by atoms with Gasteiger partial charge in [-0.3, -0.25) is 4.79 Å². The Kier molecular flexibility index (Phi) is 5.97. The van der Waals surface area contributed by atoms with Gasteiger partial charge in [-0.15, -0.1) is 0 Å². The Bertz CT molecular complexity index is 549. The van der Waals surface area contributed by atoms with E-state index >= 15 is 0 Å². The van der Waals surface area contributed by atoms with E-state index in [1.54, 1.807) is 24.2 Å². The molecule has 6 heteroatoms. The number of rotatable bonds is 5. The first-order valence-electron chi connectivity index (χ1n) is 7.03. The van der Waals surface area contributed by atoms with Gasteiger partial charge in [0.15, 0.2) is 6.61 Å². The van der Waals surface area contributed by atoms with Crippen molar-refractivity contribution in [1.29, 1.82) is 0 Å². The van der Waals surface area contributed by atoms with Gasteiger partial charge in [-0.2, -0.15) is 0 Å². The Balaban J connectivity index is 1.79. The molecule has 118 valence electrons. The fraction of sp³-hybridized carbons (Fsp3) is 0.375. The number of hydrogen-bond acceptors (Lipinski definition) is 5. The van der Waals surface area contributed by atoms with E-state index in [1.165, 1.54) is 6.08 Å². The zero-order valence-electron chi connectivity index (χ0n) is 12.5. The third kappa shape index (κ3) is 4.89. The smallest absolute Gasteiger partial charge is 0.331 e. The second-order valence-electron chi connectivity index (χ2n) is 4.71. The molecular weight excluding hydrogens is 286 g/mol. The first-order valence-corrected chi connectivity index (χ1v) is 7.03. The minimum absolute atomic E-state index is 0.202. The van der Waals surface area contributed by atoms with Crippen molar-refractivity contribution in [3.8, 4) is 5.75 Å². The second kappa shape index (κ2) is 8.19. The lowest BCUT2D eigenvalue weighted by Gasteiger charge is -2.26. The van der Waals surface area contributed by atoms with E-state index in [9.17, 15) is 9.59 Å². The fourth-order valence-corrected chi connectivity index (χ4v) is 1.99. The molecule has 6 nitrogen and oxygen atoms in total. The Morgan fingerprint density at radius 2 is 2.09 bits per heavy atom. The van der Waals surface area contributed by atoms with Gasteiger partial charge >= 0.3 is 5.97 Å². The van der Waals surface area contributed by atoms with Gasteiger partial charge in [-0.1, -0.05) is 12.1 Å². The van der Waals surface area contributed by atoms with Crippen molar-refractivity contribution in [3.63, 3.8) is 0 Å². The molecule has 1 heterocycles. The molecule has 1 aliphatic rings. The van der Waals surface area contributed by atoms with Crippen LogP contribution in [0.3, 0.4) is 0 Å². The summed E-state index contributed by atoms with van der Waals surface area (Å²) in [5.74, 6) is -0.0473. The molecule has 22 heavy (non-hydrogen) atoms. The van der Waals surface area contributed by atoms with E-state index in [1.807, 2.05) is 18.2 Å². The highest BCUT2D eigenvalue weighted by Crippen LogP contribution is 2.13. The van der Waals surface area contributed by atoms with E-state index < -0.39 is 5.97 Å². The highest BCUT2D eigenvalue weighted by Gasteiger charge is 2.17. The summed E-state index contributed by atoms with van der Waals surface area (Å²) in [6, 6.07) is 7.27. The normalized spacial score (nSPS) is 14.9. The van der Waals surface area contributed by atoms with Gasteiger partial charge in [0.1, 0.15) is 5.75 Å². The first kappa shape index (κ1) is 16.0. The van der Waals surface area contributed by atoms with Gasteiger partial charge in [-0.25, -0.2) is 4.79 Å². The molecule has 0 bridgehead atoms. The van der Waals surface area contributed by atoms with E-state index in [2.05, 4.69) is 0 Å². The Morgan fingerprint density at radius 1 is 1.32 bits per heavy atom. The van der Waals surface area contributed by atoms with Gasteiger partial charge in [0.25, 0.3) is 5.91 Å². The predicted octanol–water partition coefficient (Wildman–Crippen LogP) is 1.11. The zero-order chi connectivity index (χ0) is 15.8. The van der Waals surface area contributed by atoms with E-state index in [0.717, 1.165) is 5.56 Å². The number of nitrogens with zero attached hydrogens (tertiary/aromatic N) is 1. The summed E-state index contributed by atoms with van der Waals surface area (Å²) < 4.78 is 15.2. The molecule has 1 amide bonds. The molecule has 2 rings (SSSR count). The van der Waals surface area contributed by atoms with E-state index in [-0.39, 0.29) is 12.5 Å². The number of esters is 1. The fourth-order valence-electron chi connectivity index (χ4n) is 1.99. The molecule has 0 unspecified atom stereocenters. The highest BCUT2D eigenvalue weighted by molar-refractivity contribution is 5.89. The van der Waals surface area contributed by atoms with Gasteiger partial charge in [0, 0.05) is 19.2 Å². The van der Waals surface area contributed by atoms with Crippen LogP contribution in [0.15, 0.2) is 30.3 Å². The zero-order valence-corrected chi connectivity index (χ0v) is 12.5. The van der Waals surface area contributed by atoms with Crippen LogP contribution in [0.25, 0.3) is 6.08 Å². The summed E-state index contributed by atoms with van der Waals surface area (Å²) in [5, 5.41) is 0. The average Bonchev–Trinajstić information content (AvgIpc) is 2.58. The van der Waals surface area contributed by atoms with Crippen molar-refractivity contribution in [2.45, 2.75) is 0 Å². The maximum atomic E-state index is 11.8. The maximum absolute atomic E-state index is 11.8. The Labute approximate surface area is 129 Å². The number of ether oxygens (including phenoxy) is 3. The van der Waals surface area contributed by atoms with Crippen LogP contribution < -0.4 is 4.74 Å². The molecule has 1 saturated heterocycles. The van der Waals surface area contributed by atoms with Gasteiger partial charge in [0.2, 0.25) is 0 Å². The molecule has 1 aliphatic heterocycles. The summed E-state index contributed by atoms with van der Waals surface area (Å²) in [5.41, 5.74) is 0.816. The lowest BCUT2D eigenvalue weighted by Crippen LogP contribution is -2.42. The quantitative estimate of drug-likeness (QED) is 0.602. The molecule has 0 atom stereocenters. The van der Waals surface area contributed by atoms with Crippen molar-refractivity contribution in [1.82, 2.24) is 4.90 Å². The van der Waals surface area contributed by atoms with Crippen LogP contribution in [0.1, 0.15) is 5.56 Å². The third-order valence-electron chi connectivity index (χ3n) is 3.21. The summed E-state index contributed by atoms with van der Waals surface area (Å²) in [6.45, 7) is 1.87. The van der Waals surface area contributed by atoms with E-state index in [4.69, 9.17) is 14.2 Å². The Hall–Kier alpha value is -2.34. The van der Waals surface area contributed by atoms with Crippen LogP contribution >= 0.6 is 0 Å². The summed E-state index contributed by atoms with van der Waals surface area (Å²) in [6.07, 6.45) is 2.91. The summed E-state index contributed by atoms with van der Waals surface area (Å²) in [7, 11) is 1.58. The number of morpholine rings is 1. The molecule has 1 aromatic carbocycles. The lowest BCUT2D eigenvalue weighted by atomic mass is 10.2. The molecule has 0 spiro atoms. The molecule has 0 N–H and O–H groups in total. The van der Waals surface area contributed by atoms with Crippen molar-refractivity contribution in [3.05, 3.63) is 35.9 Å². The van der Waals surface area contributed by atoms with Gasteiger partial charge < -0.3 is 19.1 Å². The van der Waals surface area contributed by atoms with Gasteiger partial charge in [0.05, 0.1) is 20.3 Å². The molecule has 1 aromatic rings. The standard InChI is InChI=1S/C16H19NO5/c1-20-14-4-2-3-13(11-14)5-6-16(19)22-12-15(18)17-7-9-21-10-8-17/h2-6,11H,7-10,12H2,1H3. The topological polar surface area (TPSA) is 65.1 Å². The first-order chi connectivity index (χ1) is 10.7. The maximum Gasteiger partial charge on any atom is 0.331 e. The summed E-state index contributed by atoms with van der Waals surface area (Å²) in [4.78, 5) is 25.1. The third-order valence-corrected chi connectivity index (χ3v) is 3.21. The van der Waals surface area contributed by atoms with Crippen LogP contribution in [0.5, 0.6) is 5.75 Å².